The van der Waals surface area contributed by atoms with E-state index in [2.05, 4.69) is 44.2 Å². The lowest BCUT2D eigenvalue weighted by atomic mass is 10.3. The molecule has 3 aromatic rings. The van der Waals surface area contributed by atoms with Gasteiger partial charge in [0.25, 0.3) is 5.91 Å². The van der Waals surface area contributed by atoms with Crippen LogP contribution in [0.4, 0.5) is 10.7 Å². The molecule has 9 heteroatoms. The molecule has 0 aliphatic carbocycles. The van der Waals surface area contributed by atoms with Crippen molar-refractivity contribution in [2.75, 3.05) is 18.4 Å². The number of rotatable bonds is 6. The molecule has 1 atom stereocenters. The largest absolute Gasteiger partial charge is 0.352 e. The Labute approximate surface area is 164 Å². The highest BCUT2D eigenvalue weighted by molar-refractivity contribution is 7.23. The van der Waals surface area contributed by atoms with Crippen LogP contribution in [-0.2, 0) is 4.79 Å². The highest BCUT2D eigenvalue weighted by Gasteiger charge is 2.34. The van der Waals surface area contributed by atoms with Gasteiger partial charge in [0.15, 0.2) is 0 Å². The molecule has 4 rings (SSSR count). The second kappa shape index (κ2) is 7.45. The normalized spacial score (nSPS) is 16.6. The number of thiophene rings is 2. The molecule has 0 saturated carbocycles. The zero-order valence-electron chi connectivity index (χ0n) is 14.5. The van der Waals surface area contributed by atoms with Crippen molar-refractivity contribution < 1.29 is 9.59 Å². The highest BCUT2D eigenvalue weighted by Crippen LogP contribution is 2.35. The van der Waals surface area contributed by atoms with Crippen LogP contribution in [0.25, 0.3) is 20.3 Å². The van der Waals surface area contributed by atoms with Crippen molar-refractivity contribution in [3.8, 4) is 20.3 Å². The van der Waals surface area contributed by atoms with Crippen molar-refractivity contribution in [2.24, 2.45) is 0 Å². The van der Waals surface area contributed by atoms with Crippen molar-refractivity contribution in [1.29, 1.82) is 0 Å². The first kappa shape index (κ1) is 17.6. The van der Waals surface area contributed by atoms with Gasteiger partial charge in [-0.2, -0.15) is 0 Å². The Kier molecular flexibility index (Phi) is 4.87. The molecule has 1 unspecified atom stereocenters. The molecule has 1 aliphatic heterocycles. The van der Waals surface area contributed by atoms with Gasteiger partial charge < -0.3 is 10.6 Å². The van der Waals surface area contributed by atoms with Crippen LogP contribution in [0.15, 0.2) is 41.9 Å². The zero-order chi connectivity index (χ0) is 18.8. The van der Waals surface area contributed by atoms with Crippen LogP contribution in [0.2, 0.25) is 0 Å². The first-order chi connectivity index (χ1) is 13.1. The number of imide groups is 1. The van der Waals surface area contributed by atoms with Crippen LogP contribution < -0.4 is 10.6 Å². The van der Waals surface area contributed by atoms with E-state index in [1.165, 1.54) is 14.7 Å². The fourth-order valence-corrected chi connectivity index (χ4v) is 4.57. The Balaban J connectivity index is 1.41. The number of anilines is 1. The lowest BCUT2D eigenvalue weighted by Gasteiger charge is -2.13. The maximum absolute atomic E-state index is 11.9. The molecule has 1 aliphatic rings. The molecular formula is C18H17N5O2S2. The Morgan fingerprint density at radius 2 is 2.04 bits per heavy atom. The highest BCUT2D eigenvalue weighted by atomic mass is 32.1. The first-order valence-corrected chi connectivity index (χ1v) is 10.1. The molecule has 0 aromatic carbocycles. The summed E-state index contributed by atoms with van der Waals surface area (Å²) in [5.74, 6) is 0.259. The van der Waals surface area contributed by atoms with E-state index in [0.717, 1.165) is 10.6 Å². The van der Waals surface area contributed by atoms with E-state index in [0.29, 0.717) is 12.5 Å². The van der Waals surface area contributed by atoms with Crippen LogP contribution in [0, 0.1) is 0 Å². The van der Waals surface area contributed by atoms with Gasteiger partial charge in [-0.25, -0.2) is 14.8 Å². The van der Waals surface area contributed by atoms with Gasteiger partial charge in [-0.1, -0.05) is 6.07 Å². The van der Waals surface area contributed by atoms with E-state index in [-0.39, 0.29) is 18.5 Å². The van der Waals surface area contributed by atoms with Crippen LogP contribution >= 0.6 is 22.7 Å². The van der Waals surface area contributed by atoms with Crippen molar-refractivity contribution in [2.45, 2.75) is 13.0 Å². The number of aromatic nitrogens is 2. The number of amides is 3. The molecular weight excluding hydrogens is 382 g/mol. The molecule has 4 heterocycles. The van der Waals surface area contributed by atoms with Gasteiger partial charge in [0.05, 0.1) is 10.6 Å². The standard InChI is InChI=1S/C18H17N5O2S2/c1-11-16(24)23(18(25)21-11)9-8-20-17-19-7-6-12(22-17)13-4-5-15(27-13)14-3-2-10-26-14/h2-7,10-11H,8-9H2,1H3,(H,21,25)(H,19,20,22). The minimum Gasteiger partial charge on any atom is -0.352 e. The maximum Gasteiger partial charge on any atom is 0.324 e. The van der Waals surface area contributed by atoms with Crippen LogP contribution in [0.3, 0.4) is 0 Å². The number of hydrogen-bond donors (Lipinski definition) is 2. The Morgan fingerprint density at radius 1 is 1.19 bits per heavy atom. The average molecular weight is 400 g/mol. The summed E-state index contributed by atoms with van der Waals surface area (Å²) in [6, 6.07) is 9.34. The molecule has 2 N–H and O–H groups in total. The third-order valence-electron chi connectivity index (χ3n) is 4.12. The van der Waals surface area contributed by atoms with Gasteiger partial charge in [-0.05, 0) is 36.6 Å². The van der Waals surface area contributed by atoms with Crippen molar-refractivity contribution >= 4 is 40.6 Å². The van der Waals surface area contributed by atoms with E-state index in [1.807, 2.05) is 12.1 Å². The van der Waals surface area contributed by atoms with Crippen molar-refractivity contribution in [1.82, 2.24) is 20.2 Å². The summed E-state index contributed by atoms with van der Waals surface area (Å²) in [5, 5.41) is 7.74. The number of hydrogen-bond acceptors (Lipinski definition) is 7. The number of urea groups is 1. The molecule has 0 radical (unpaired) electrons. The summed E-state index contributed by atoms with van der Waals surface area (Å²) < 4.78 is 0. The number of carbonyl (C=O) groups excluding carboxylic acids is 2. The summed E-state index contributed by atoms with van der Waals surface area (Å²) in [5.41, 5.74) is 0.837. The van der Waals surface area contributed by atoms with E-state index >= 15 is 0 Å². The van der Waals surface area contributed by atoms with Gasteiger partial charge >= 0.3 is 6.03 Å². The molecule has 1 fully saturated rings. The Hall–Kier alpha value is -2.78. The lowest BCUT2D eigenvalue weighted by Crippen LogP contribution is -2.35. The molecule has 0 bridgehead atoms. The minimum atomic E-state index is -0.464. The van der Waals surface area contributed by atoms with E-state index < -0.39 is 6.04 Å². The van der Waals surface area contributed by atoms with Crippen molar-refractivity contribution in [3.05, 3.63) is 41.9 Å². The Bertz CT molecular complexity index is 970. The summed E-state index contributed by atoms with van der Waals surface area (Å²) >= 11 is 3.40. The van der Waals surface area contributed by atoms with Crippen LogP contribution in [0.1, 0.15) is 6.92 Å². The van der Waals surface area contributed by atoms with Gasteiger partial charge in [-0.3, -0.25) is 9.69 Å². The fraction of sp³-hybridized carbons (Fsp3) is 0.222. The molecule has 3 aromatic heterocycles. The molecule has 1 saturated heterocycles. The summed E-state index contributed by atoms with van der Waals surface area (Å²) in [7, 11) is 0. The first-order valence-electron chi connectivity index (χ1n) is 8.45. The molecule has 0 spiro atoms. The van der Waals surface area contributed by atoms with Gasteiger partial charge in [0, 0.05) is 29.0 Å². The monoisotopic (exact) mass is 399 g/mol. The summed E-state index contributed by atoms with van der Waals surface area (Å²) in [6.07, 6.45) is 1.70. The predicted octanol–water partition coefficient (Wildman–Crippen LogP) is 3.29. The van der Waals surface area contributed by atoms with E-state index in [9.17, 15) is 9.59 Å². The summed E-state index contributed by atoms with van der Waals surface area (Å²) in [4.78, 5) is 37.1. The zero-order valence-corrected chi connectivity index (χ0v) is 16.1. The minimum absolute atomic E-state index is 0.212. The van der Waals surface area contributed by atoms with Crippen LogP contribution in [0.5, 0.6) is 0 Å². The maximum atomic E-state index is 11.9. The van der Waals surface area contributed by atoms with Crippen molar-refractivity contribution in [3.63, 3.8) is 0 Å². The third kappa shape index (κ3) is 3.69. The van der Waals surface area contributed by atoms with Crippen LogP contribution in [-0.4, -0.2) is 45.9 Å². The van der Waals surface area contributed by atoms with Gasteiger partial charge in [0.1, 0.15) is 6.04 Å². The third-order valence-corrected chi connectivity index (χ3v) is 6.29. The second-order valence-corrected chi connectivity index (χ2v) is 8.03. The Morgan fingerprint density at radius 3 is 2.78 bits per heavy atom. The number of carbonyl (C=O) groups is 2. The van der Waals surface area contributed by atoms with E-state index in [4.69, 9.17) is 0 Å². The predicted molar refractivity (Wildman–Crippen MR) is 107 cm³/mol. The quantitative estimate of drug-likeness (QED) is 0.621. The topological polar surface area (TPSA) is 87.2 Å². The summed E-state index contributed by atoms with van der Waals surface area (Å²) in [6.45, 7) is 2.33. The average Bonchev–Trinajstić information content (AvgIpc) is 3.39. The molecule has 7 nitrogen and oxygen atoms in total. The second-order valence-electron chi connectivity index (χ2n) is 5.99. The SMILES string of the molecule is CC1NC(=O)N(CCNc2nccc(-c3ccc(-c4cccs4)s3)n2)C1=O. The van der Waals surface area contributed by atoms with Gasteiger partial charge in [0.2, 0.25) is 5.95 Å². The number of nitrogens with one attached hydrogen (secondary N) is 2. The fourth-order valence-electron chi connectivity index (χ4n) is 2.76. The molecule has 138 valence electrons. The number of nitrogens with zero attached hydrogens (tertiary/aromatic N) is 3. The van der Waals surface area contributed by atoms with E-state index in [1.54, 1.807) is 35.8 Å². The molecule has 3 amide bonds. The smallest absolute Gasteiger partial charge is 0.324 e. The van der Waals surface area contributed by atoms with Gasteiger partial charge in [-0.15, -0.1) is 22.7 Å². The lowest BCUT2D eigenvalue weighted by molar-refractivity contribution is -0.127. The molecule has 27 heavy (non-hydrogen) atoms.